The fourth-order valence-electron chi connectivity index (χ4n) is 2.64. The number of benzene rings is 1. The number of hydrogen-bond donors (Lipinski definition) is 2. The fourth-order valence-corrected chi connectivity index (χ4v) is 3.18. The number of phenolic OH excluding ortho intramolecular Hbond substituents is 1. The summed E-state index contributed by atoms with van der Waals surface area (Å²) in [5.41, 5.74) is 6.76. The highest BCUT2D eigenvalue weighted by molar-refractivity contribution is 6.35. The van der Waals surface area contributed by atoms with Crippen molar-refractivity contribution >= 4 is 23.2 Å². The molecule has 1 aromatic rings. The molecule has 0 amide bonds. The van der Waals surface area contributed by atoms with Crippen molar-refractivity contribution < 1.29 is 5.11 Å². The van der Waals surface area contributed by atoms with Gasteiger partial charge in [-0.15, -0.1) is 0 Å². The Bertz CT molecular complexity index is 451. The summed E-state index contributed by atoms with van der Waals surface area (Å²) in [6, 6.07) is 3.54. The number of rotatable bonds is 3. The van der Waals surface area contributed by atoms with Crippen molar-refractivity contribution in [1.29, 1.82) is 0 Å². The van der Waals surface area contributed by atoms with E-state index >= 15 is 0 Å². The van der Waals surface area contributed by atoms with Crippen molar-refractivity contribution in [3.8, 4) is 5.75 Å². The van der Waals surface area contributed by atoms with Gasteiger partial charge in [0.25, 0.3) is 0 Å². The second-order valence-corrected chi connectivity index (χ2v) is 6.24. The first-order valence-electron chi connectivity index (χ1n) is 6.62. The van der Waals surface area contributed by atoms with Crippen LogP contribution in [0.25, 0.3) is 0 Å². The monoisotopic (exact) mass is 302 g/mol. The van der Waals surface area contributed by atoms with Crippen LogP contribution >= 0.6 is 23.2 Å². The number of phenols is 1. The van der Waals surface area contributed by atoms with E-state index in [1.54, 1.807) is 12.1 Å². The predicted molar refractivity (Wildman–Crippen MR) is 79.8 cm³/mol. The van der Waals surface area contributed by atoms with Crippen LogP contribution in [0.5, 0.6) is 5.75 Å². The molecule has 5 heteroatoms. The zero-order valence-electron chi connectivity index (χ0n) is 11.1. The van der Waals surface area contributed by atoms with E-state index in [4.69, 9.17) is 28.9 Å². The number of nitrogens with two attached hydrogens (primary N) is 1. The first kappa shape index (κ1) is 14.9. The molecule has 106 valence electrons. The van der Waals surface area contributed by atoms with Crippen molar-refractivity contribution in [3.05, 3.63) is 27.7 Å². The van der Waals surface area contributed by atoms with Crippen LogP contribution in [0.3, 0.4) is 0 Å². The van der Waals surface area contributed by atoms with Crippen molar-refractivity contribution in [3.63, 3.8) is 0 Å². The van der Waals surface area contributed by atoms with E-state index in [0.29, 0.717) is 22.5 Å². The molecule has 1 heterocycles. The summed E-state index contributed by atoms with van der Waals surface area (Å²) < 4.78 is 0. The topological polar surface area (TPSA) is 49.5 Å². The van der Waals surface area contributed by atoms with E-state index in [1.165, 1.54) is 6.42 Å². The molecule has 19 heavy (non-hydrogen) atoms. The molecule has 1 aliphatic heterocycles. The van der Waals surface area contributed by atoms with Gasteiger partial charge in [0.05, 0.1) is 5.02 Å². The minimum Gasteiger partial charge on any atom is -0.506 e. The molecule has 2 unspecified atom stereocenters. The number of nitrogens with zero attached hydrogens (tertiary/aromatic N) is 1. The Morgan fingerprint density at radius 2 is 2.21 bits per heavy atom. The highest BCUT2D eigenvalue weighted by Gasteiger charge is 2.23. The average molecular weight is 303 g/mol. The Balaban J connectivity index is 2.09. The lowest BCUT2D eigenvalue weighted by Crippen LogP contribution is -2.41. The van der Waals surface area contributed by atoms with Crippen LogP contribution < -0.4 is 5.73 Å². The van der Waals surface area contributed by atoms with E-state index in [-0.39, 0.29) is 11.8 Å². The van der Waals surface area contributed by atoms with Crippen molar-refractivity contribution in [2.24, 2.45) is 11.7 Å². The molecule has 1 saturated heterocycles. The third-order valence-electron chi connectivity index (χ3n) is 3.79. The summed E-state index contributed by atoms with van der Waals surface area (Å²) in [6.45, 7) is 4.70. The SMILES string of the molecule is CC(N)C1CCCN(Cc2cc(Cl)cc(Cl)c2O)C1. The fraction of sp³-hybridized carbons (Fsp3) is 0.571. The molecule has 1 fully saturated rings. The smallest absolute Gasteiger partial charge is 0.138 e. The molecule has 0 radical (unpaired) electrons. The van der Waals surface area contributed by atoms with Gasteiger partial charge in [0, 0.05) is 29.7 Å². The zero-order valence-corrected chi connectivity index (χ0v) is 12.6. The van der Waals surface area contributed by atoms with Crippen LogP contribution in [0, 0.1) is 5.92 Å². The molecule has 0 bridgehead atoms. The maximum absolute atomic E-state index is 9.99. The normalized spacial score (nSPS) is 22.4. The number of piperidine rings is 1. The van der Waals surface area contributed by atoms with Crippen molar-refractivity contribution in [2.45, 2.75) is 32.4 Å². The van der Waals surface area contributed by atoms with Crippen molar-refractivity contribution in [2.75, 3.05) is 13.1 Å². The van der Waals surface area contributed by atoms with E-state index in [1.807, 2.05) is 0 Å². The van der Waals surface area contributed by atoms with Gasteiger partial charge in [-0.1, -0.05) is 23.2 Å². The van der Waals surface area contributed by atoms with Crippen LogP contribution in [-0.4, -0.2) is 29.1 Å². The summed E-state index contributed by atoms with van der Waals surface area (Å²) in [7, 11) is 0. The van der Waals surface area contributed by atoms with E-state index in [0.717, 1.165) is 25.1 Å². The van der Waals surface area contributed by atoms with Crippen LogP contribution in [0.1, 0.15) is 25.3 Å². The molecule has 1 aliphatic rings. The van der Waals surface area contributed by atoms with Gasteiger partial charge in [-0.05, 0) is 44.4 Å². The quantitative estimate of drug-likeness (QED) is 0.901. The summed E-state index contributed by atoms with van der Waals surface area (Å²) in [6.07, 6.45) is 2.32. The van der Waals surface area contributed by atoms with E-state index < -0.39 is 0 Å². The van der Waals surface area contributed by atoms with Gasteiger partial charge < -0.3 is 10.8 Å². The number of likely N-dealkylation sites (tertiary alicyclic amines) is 1. The van der Waals surface area contributed by atoms with Gasteiger partial charge in [-0.2, -0.15) is 0 Å². The first-order valence-corrected chi connectivity index (χ1v) is 7.37. The number of aromatic hydroxyl groups is 1. The summed E-state index contributed by atoms with van der Waals surface area (Å²) in [4.78, 5) is 2.30. The maximum Gasteiger partial charge on any atom is 0.138 e. The van der Waals surface area contributed by atoms with Gasteiger partial charge in [-0.25, -0.2) is 0 Å². The lowest BCUT2D eigenvalue weighted by atomic mass is 9.92. The Labute approximate surface area is 124 Å². The Kier molecular flexibility index (Phi) is 4.96. The largest absolute Gasteiger partial charge is 0.506 e. The van der Waals surface area contributed by atoms with Crippen LogP contribution in [0.15, 0.2) is 12.1 Å². The molecular formula is C14H20Cl2N2O. The Morgan fingerprint density at radius 3 is 2.89 bits per heavy atom. The van der Waals surface area contributed by atoms with Crippen molar-refractivity contribution in [1.82, 2.24) is 4.90 Å². The molecule has 0 aromatic heterocycles. The van der Waals surface area contributed by atoms with Crippen LogP contribution in [0.4, 0.5) is 0 Å². The zero-order chi connectivity index (χ0) is 14.0. The standard InChI is InChI=1S/C14H20Cl2N2O/c1-9(17)10-3-2-4-18(7-10)8-11-5-12(15)6-13(16)14(11)19/h5-6,9-10,19H,2-4,7-8,17H2,1H3. The Morgan fingerprint density at radius 1 is 1.47 bits per heavy atom. The van der Waals surface area contributed by atoms with Crippen LogP contribution in [0.2, 0.25) is 10.0 Å². The molecule has 3 N–H and O–H groups in total. The highest BCUT2D eigenvalue weighted by Crippen LogP contribution is 2.32. The maximum atomic E-state index is 9.99. The minimum absolute atomic E-state index is 0.133. The molecule has 2 atom stereocenters. The third kappa shape index (κ3) is 3.76. The van der Waals surface area contributed by atoms with E-state index in [9.17, 15) is 5.11 Å². The number of hydrogen-bond acceptors (Lipinski definition) is 3. The third-order valence-corrected chi connectivity index (χ3v) is 4.29. The highest BCUT2D eigenvalue weighted by atomic mass is 35.5. The van der Waals surface area contributed by atoms with Gasteiger partial charge >= 0.3 is 0 Å². The average Bonchev–Trinajstić information content (AvgIpc) is 2.35. The van der Waals surface area contributed by atoms with Gasteiger partial charge in [0.15, 0.2) is 0 Å². The van der Waals surface area contributed by atoms with Gasteiger partial charge in [0.1, 0.15) is 5.75 Å². The van der Waals surface area contributed by atoms with Gasteiger partial charge in [-0.3, -0.25) is 4.90 Å². The molecule has 0 saturated carbocycles. The first-order chi connectivity index (χ1) is 8.97. The minimum atomic E-state index is 0.133. The lowest BCUT2D eigenvalue weighted by molar-refractivity contribution is 0.153. The van der Waals surface area contributed by atoms with E-state index in [2.05, 4.69) is 11.8 Å². The van der Waals surface area contributed by atoms with Crippen LogP contribution in [-0.2, 0) is 6.54 Å². The molecule has 0 spiro atoms. The molecule has 0 aliphatic carbocycles. The van der Waals surface area contributed by atoms with Gasteiger partial charge in [0.2, 0.25) is 0 Å². The molecule has 3 nitrogen and oxygen atoms in total. The molecular weight excluding hydrogens is 283 g/mol. The second-order valence-electron chi connectivity index (χ2n) is 5.39. The summed E-state index contributed by atoms with van der Waals surface area (Å²) in [5, 5.41) is 10.8. The number of halogens is 2. The second kappa shape index (κ2) is 6.31. The Hall–Kier alpha value is -0.480. The molecule has 2 rings (SSSR count). The summed E-state index contributed by atoms with van der Waals surface area (Å²) in [5.74, 6) is 0.652. The molecule has 1 aromatic carbocycles. The lowest BCUT2D eigenvalue weighted by Gasteiger charge is -2.34. The predicted octanol–water partition coefficient (Wildman–Crippen LogP) is 3.26. The summed E-state index contributed by atoms with van der Waals surface area (Å²) >= 11 is 11.9.